The maximum atomic E-state index is 11.4. The van der Waals surface area contributed by atoms with E-state index in [0.29, 0.717) is 9.13 Å². The number of nitriles is 1. The van der Waals surface area contributed by atoms with Gasteiger partial charge in [0.1, 0.15) is 0 Å². The molecular weight excluding hydrogens is 351 g/mol. The summed E-state index contributed by atoms with van der Waals surface area (Å²) in [5, 5.41) is 19.6. The summed E-state index contributed by atoms with van der Waals surface area (Å²) in [6.45, 7) is 1.94. The van der Waals surface area contributed by atoms with E-state index in [1.54, 1.807) is 6.92 Å². The van der Waals surface area contributed by atoms with Crippen LogP contribution >= 0.6 is 22.6 Å². The summed E-state index contributed by atoms with van der Waals surface area (Å²) in [5.74, 6) is -0.458. The highest BCUT2D eigenvalue weighted by molar-refractivity contribution is 14.1. The van der Waals surface area contributed by atoms with Gasteiger partial charge in [0.05, 0.1) is 29.6 Å². The lowest BCUT2D eigenvalue weighted by Gasteiger charge is -2.06. The van der Waals surface area contributed by atoms with Crippen LogP contribution in [0.2, 0.25) is 0 Å². The van der Waals surface area contributed by atoms with Crippen molar-refractivity contribution in [3.8, 4) is 6.07 Å². The summed E-state index contributed by atoms with van der Waals surface area (Å²) >= 11 is 1.87. The molecule has 0 saturated carbocycles. The number of non-ortho nitro benzene ring substituents is 1. The van der Waals surface area contributed by atoms with Gasteiger partial charge in [0.2, 0.25) is 0 Å². The second kappa shape index (κ2) is 6.30. The highest BCUT2D eigenvalue weighted by atomic mass is 127. The molecule has 18 heavy (non-hydrogen) atoms. The first-order valence-corrected chi connectivity index (χ1v) is 6.10. The first-order valence-electron chi connectivity index (χ1n) is 5.02. The lowest BCUT2D eigenvalue weighted by molar-refractivity contribution is -0.385. The van der Waals surface area contributed by atoms with Gasteiger partial charge in [-0.1, -0.05) is 0 Å². The number of nitro benzene ring substituents is 1. The number of rotatable bonds is 4. The van der Waals surface area contributed by atoms with Crippen LogP contribution in [0, 0.1) is 25.0 Å². The number of carbonyl (C=O) groups excluding carboxylic acids is 1. The molecule has 0 saturated heterocycles. The number of hydrogen-bond acceptors (Lipinski definition) is 5. The van der Waals surface area contributed by atoms with E-state index in [4.69, 9.17) is 10.00 Å². The highest BCUT2D eigenvalue weighted by Crippen LogP contribution is 2.24. The van der Waals surface area contributed by atoms with Crippen molar-refractivity contribution < 1.29 is 14.5 Å². The van der Waals surface area contributed by atoms with Gasteiger partial charge >= 0.3 is 5.97 Å². The van der Waals surface area contributed by atoms with Crippen molar-refractivity contribution in [2.45, 2.75) is 13.3 Å². The fourth-order valence-electron chi connectivity index (χ4n) is 1.36. The topological polar surface area (TPSA) is 93.2 Å². The SMILES string of the molecule is CCOC(=O)Cc1c(I)cc([N+](=O)[O-])cc1C#N. The number of esters is 1. The fourth-order valence-corrected chi connectivity index (χ4v) is 2.16. The maximum absolute atomic E-state index is 11.4. The Kier molecular flexibility index (Phi) is 5.03. The van der Waals surface area contributed by atoms with E-state index < -0.39 is 10.9 Å². The standard InChI is InChI=1S/C11H9IN2O4/c1-2-18-11(15)5-9-7(6-13)3-8(14(16)17)4-10(9)12/h3-4H,2,5H2,1H3. The number of carbonyl (C=O) groups is 1. The maximum Gasteiger partial charge on any atom is 0.310 e. The van der Waals surface area contributed by atoms with Crippen LogP contribution in [0.1, 0.15) is 18.1 Å². The molecule has 0 amide bonds. The van der Waals surface area contributed by atoms with Crippen LogP contribution in [-0.2, 0) is 16.0 Å². The molecule has 6 nitrogen and oxygen atoms in total. The van der Waals surface area contributed by atoms with E-state index in [2.05, 4.69) is 0 Å². The zero-order valence-electron chi connectivity index (χ0n) is 9.47. The number of nitro groups is 1. The van der Waals surface area contributed by atoms with Gasteiger partial charge in [-0.2, -0.15) is 5.26 Å². The Morgan fingerprint density at radius 1 is 1.61 bits per heavy atom. The van der Waals surface area contributed by atoms with Gasteiger partial charge in [0.15, 0.2) is 0 Å². The predicted octanol–water partition coefficient (Wildman–Crippen LogP) is 2.18. The zero-order valence-corrected chi connectivity index (χ0v) is 11.6. The quantitative estimate of drug-likeness (QED) is 0.355. The van der Waals surface area contributed by atoms with Gasteiger partial charge in [-0.3, -0.25) is 14.9 Å². The third-order valence-electron chi connectivity index (χ3n) is 2.14. The smallest absolute Gasteiger partial charge is 0.310 e. The van der Waals surface area contributed by atoms with Gasteiger partial charge in [0.25, 0.3) is 5.69 Å². The first kappa shape index (κ1) is 14.4. The second-order valence-electron chi connectivity index (χ2n) is 3.30. The lowest BCUT2D eigenvalue weighted by atomic mass is 10.0. The highest BCUT2D eigenvalue weighted by Gasteiger charge is 2.17. The second-order valence-corrected chi connectivity index (χ2v) is 4.47. The predicted molar refractivity (Wildman–Crippen MR) is 70.9 cm³/mol. The van der Waals surface area contributed by atoms with Crippen LogP contribution in [0.15, 0.2) is 12.1 Å². The molecule has 0 atom stereocenters. The van der Waals surface area contributed by atoms with E-state index in [9.17, 15) is 14.9 Å². The molecule has 94 valence electrons. The molecule has 1 aromatic carbocycles. The molecule has 0 aromatic heterocycles. The zero-order chi connectivity index (χ0) is 13.7. The molecule has 0 aliphatic rings. The van der Waals surface area contributed by atoms with Crippen LogP contribution in [-0.4, -0.2) is 17.5 Å². The van der Waals surface area contributed by atoms with Gasteiger partial charge in [-0.25, -0.2) is 0 Å². The molecule has 0 fully saturated rings. The molecule has 0 N–H and O–H groups in total. The summed E-state index contributed by atoms with van der Waals surface area (Å²) in [6.07, 6.45) is -0.0625. The minimum atomic E-state index is -0.572. The first-order chi connectivity index (χ1) is 8.49. The molecule has 1 aromatic rings. The number of hydrogen-bond donors (Lipinski definition) is 0. The van der Waals surface area contributed by atoms with Crippen LogP contribution in [0.4, 0.5) is 5.69 Å². The van der Waals surface area contributed by atoms with Crippen molar-refractivity contribution in [1.82, 2.24) is 0 Å². The van der Waals surface area contributed by atoms with Crippen molar-refractivity contribution in [2.75, 3.05) is 6.61 Å². The molecule has 0 aliphatic heterocycles. The third-order valence-corrected chi connectivity index (χ3v) is 3.10. The normalized spacial score (nSPS) is 9.61. The molecule has 0 aliphatic carbocycles. The monoisotopic (exact) mass is 360 g/mol. The van der Waals surface area contributed by atoms with Crippen LogP contribution in [0.25, 0.3) is 0 Å². The Balaban J connectivity index is 3.16. The average molecular weight is 360 g/mol. The minimum absolute atomic E-state index is 0.0625. The Morgan fingerprint density at radius 3 is 2.78 bits per heavy atom. The van der Waals surface area contributed by atoms with E-state index in [-0.39, 0.29) is 24.3 Å². The summed E-state index contributed by atoms with van der Waals surface area (Å²) in [5.41, 5.74) is 0.423. The molecule has 0 spiro atoms. The Bertz CT molecular complexity index is 537. The van der Waals surface area contributed by atoms with Gasteiger partial charge < -0.3 is 4.74 Å². The molecule has 0 unspecified atom stereocenters. The molecule has 0 bridgehead atoms. The number of benzene rings is 1. The largest absolute Gasteiger partial charge is 0.466 e. The van der Waals surface area contributed by atoms with E-state index >= 15 is 0 Å². The van der Waals surface area contributed by atoms with Crippen molar-refractivity contribution in [1.29, 1.82) is 5.26 Å². The minimum Gasteiger partial charge on any atom is -0.466 e. The molecule has 7 heteroatoms. The molecular formula is C11H9IN2O4. The Hall–Kier alpha value is -1.69. The Morgan fingerprint density at radius 2 is 2.28 bits per heavy atom. The van der Waals surface area contributed by atoms with Gasteiger partial charge in [-0.15, -0.1) is 0 Å². The third kappa shape index (κ3) is 3.40. The lowest BCUT2D eigenvalue weighted by Crippen LogP contribution is -2.10. The van der Waals surface area contributed by atoms with Crippen molar-refractivity contribution in [2.24, 2.45) is 0 Å². The van der Waals surface area contributed by atoms with E-state index in [0.717, 1.165) is 6.07 Å². The van der Waals surface area contributed by atoms with Crippen molar-refractivity contribution in [3.05, 3.63) is 36.9 Å². The Labute approximate surface area is 117 Å². The molecule has 1 rings (SSSR count). The molecule has 0 radical (unpaired) electrons. The van der Waals surface area contributed by atoms with Crippen molar-refractivity contribution >= 4 is 34.2 Å². The summed E-state index contributed by atoms with van der Waals surface area (Å²) < 4.78 is 5.30. The van der Waals surface area contributed by atoms with Crippen LogP contribution in [0.3, 0.4) is 0 Å². The van der Waals surface area contributed by atoms with E-state index in [1.807, 2.05) is 28.7 Å². The van der Waals surface area contributed by atoms with Gasteiger partial charge in [0, 0.05) is 15.7 Å². The van der Waals surface area contributed by atoms with Crippen LogP contribution < -0.4 is 0 Å². The fraction of sp³-hybridized carbons (Fsp3) is 0.273. The summed E-state index contributed by atoms with van der Waals surface area (Å²) in [7, 11) is 0. The number of nitrogens with zero attached hydrogens (tertiary/aromatic N) is 2. The van der Waals surface area contributed by atoms with Crippen molar-refractivity contribution in [3.63, 3.8) is 0 Å². The van der Waals surface area contributed by atoms with Gasteiger partial charge in [-0.05, 0) is 35.1 Å². The average Bonchev–Trinajstić information content (AvgIpc) is 2.31. The molecule has 0 heterocycles. The number of ether oxygens (including phenoxy) is 1. The summed E-state index contributed by atoms with van der Waals surface area (Å²) in [4.78, 5) is 21.5. The van der Waals surface area contributed by atoms with Crippen LogP contribution in [0.5, 0.6) is 0 Å². The summed E-state index contributed by atoms with van der Waals surface area (Å²) in [6, 6.07) is 4.35. The number of halogens is 1. The van der Waals surface area contributed by atoms with E-state index in [1.165, 1.54) is 6.07 Å².